The van der Waals surface area contributed by atoms with Gasteiger partial charge in [0.1, 0.15) is 16.4 Å². The Hall–Kier alpha value is -4.29. The van der Waals surface area contributed by atoms with Crippen molar-refractivity contribution in [2.24, 2.45) is 7.05 Å². The van der Waals surface area contributed by atoms with E-state index in [0.29, 0.717) is 28.3 Å². The van der Waals surface area contributed by atoms with Gasteiger partial charge in [-0.05, 0) is 66.8 Å². The quantitative estimate of drug-likeness (QED) is 0.290. The molecule has 0 radical (unpaired) electrons. The number of amides is 1. The first-order valence-electron chi connectivity index (χ1n) is 12.0. The summed E-state index contributed by atoms with van der Waals surface area (Å²) in [5, 5.41) is 11.7. The van der Waals surface area contributed by atoms with Crippen LogP contribution in [-0.4, -0.2) is 38.9 Å². The highest BCUT2D eigenvalue weighted by molar-refractivity contribution is 7.92. The van der Waals surface area contributed by atoms with Crippen LogP contribution in [0.4, 0.5) is 15.8 Å². The van der Waals surface area contributed by atoms with E-state index in [-0.39, 0.29) is 21.3 Å². The topological polar surface area (TPSA) is 124 Å². The van der Waals surface area contributed by atoms with Gasteiger partial charge >= 0.3 is 0 Å². The number of aromatic nitrogens is 5. The Morgan fingerprint density at radius 2 is 1.92 bits per heavy atom. The minimum absolute atomic E-state index is 0.0194. The van der Waals surface area contributed by atoms with Crippen LogP contribution in [0.5, 0.6) is 0 Å². The van der Waals surface area contributed by atoms with Crippen LogP contribution in [0.2, 0.25) is 5.02 Å². The molecule has 1 fully saturated rings. The minimum Gasteiger partial charge on any atom is -0.321 e. The standard InChI is InChI=1S/C26H21ClFN7O3S/c1-34-24(26(36)31-16-7-9-22(28)21(27)11-16)20-8-6-17(12-23(20)32-34)33-39(37,38)18-13-30-35(14-18)25-19(15-4-5-15)3-2-10-29-25/h2-3,6-15,33H,4-5H2,1H3,(H,31,36). The van der Waals surface area contributed by atoms with E-state index in [1.54, 1.807) is 25.4 Å². The van der Waals surface area contributed by atoms with Crippen LogP contribution < -0.4 is 10.0 Å². The SMILES string of the molecule is Cn1nc2cc(NS(=O)(=O)c3cnn(-c4ncccc4C4CC4)c3)ccc2c1C(=O)Nc1ccc(F)c(Cl)c1. The third kappa shape index (κ3) is 4.84. The maximum absolute atomic E-state index is 13.5. The van der Waals surface area contributed by atoms with Crippen LogP contribution in [-0.2, 0) is 17.1 Å². The summed E-state index contributed by atoms with van der Waals surface area (Å²) >= 11 is 5.81. The van der Waals surface area contributed by atoms with Crippen LogP contribution in [0, 0.1) is 5.82 Å². The Bertz CT molecular complexity index is 1860. The summed E-state index contributed by atoms with van der Waals surface area (Å²) in [4.78, 5) is 17.3. The van der Waals surface area contributed by atoms with Gasteiger partial charge in [-0.15, -0.1) is 0 Å². The van der Waals surface area contributed by atoms with Gasteiger partial charge in [-0.25, -0.2) is 22.5 Å². The van der Waals surface area contributed by atoms with Crippen LogP contribution >= 0.6 is 11.6 Å². The second-order valence-corrected chi connectivity index (χ2v) is 11.3. The van der Waals surface area contributed by atoms with Gasteiger partial charge < -0.3 is 5.32 Å². The molecule has 0 bridgehead atoms. The molecule has 0 atom stereocenters. The van der Waals surface area contributed by atoms with Crippen molar-refractivity contribution >= 4 is 49.8 Å². The van der Waals surface area contributed by atoms with E-state index in [0.717, 1.165) is 24.5 Å². The van der Waals surface area contributed by atoms with Crippen LogP contribution in [0.25, 0.3) is 16.7 Å². The predicted molar refractivity (Wildman–Crippen MR) is 144 cm³/mol. The number of aryl methyl sites for hydroxylation is 1. The number of rotatable bonds is 7. The van der Waals surface area contributed by atoms with E-state index in [1.165, 1.54) is 40.0 Å². The number of anilines is 2. The number of nitrogens with one attached hydrogen (secondary N) is 2. The Morgan fingerprint density at radius 1 is 1.13 bits per heavy atom. The maximum atomic E-state index is 13.5. The zero-order chi connectivity index (χ0) is 27.3. The van der Waals surface area contributed by atoms with Gasteiger partial charge in [0.05, 0.1) is 28.6 Å². The molecule has 6 rings (SSSR count). The summed E-state index contributed by atoms with van der Waals surface area (Å²) in [6.45, 7) is 0. The van der Waals surface area contributed by atoms with E-state index in [4.69, 9.17) is 11.6 Å². The molecule has 0 saturated heterocycles. The Kier molecular flexibility index (Phi) is 6.07. The summed E-state index contributed by atoms with van der Waals surface area (Å²) in [6.07, 6.45) is 6.51. The monoisotopic (exact) mass is 565 g/mol. The van der Waals surface area contributed by atoms with Gasteiger partial charge in [0.2, 0.25) is 0 Å². The van der Waals surface area contributed by atoms with Crippen molar-refractivity contribution in [2.75, 3.05) is 10.0 Å². The third-order valence-electron chi connectivity index (χ3n) is 6.40. The average Bonchev–Trinajstić information content (AvgIpc) is 3.52. The van der Waals surface area contributed by atoms with Crippen molar-refractivity contribution in [2.45, 2.75) is 23.7 Å². The first-order valence-corrected chi connectivity index (χ1v) is 13.8. The summed E-state index contributed by atoms with van der Waals surface area (Å²) in [5.41, 5.74) is 2.27. The lowest BCUT2D eigenvalue weighted by atomic mass is 10.2. The lowest BCUT2D eigenvalue weighted by Crippen LogP contribution is -2.16. The molecule has 0 aliphatic heterocycles. The molecule has 2 N–H and O–H groups in total. The lowest BCUT2D eigenvalue weighted by Gasteiger charge is -2.08. The minimum atomic E-state index is -3.97. The number of sulfonamides is 1. The molecule has 0 spiro atoms. The fourth-order valence-corrected chi connectivity index (χ4v) is 5.55. The zero-order valence-corrected chi connectivity index (χ0v) is 22.0. The van der Waals surface area contributed by atoms with E-state index in [2.05, 4.69) is 25.2 Å². The van der Waals surface area contributed by atoms with Gasteiger partial charge in [0.15, 0.2) is 5.82 Å². The number of fused-ring (bicyclic) bond motifs is 1. The number of pyridine rings is 1. The molecule has 0 unspecified atom stereocenters. The maximum Gasteiger partial charge on any atom is 0.274 e. The molecule has 1 saturated carbocycles. The summed E-state index contributed by atoms with van der Waals surface area (Å²) in [5.74, 6) is -0.0436. The van der Waals surface area contributed by atoms with Crippen molar-refractivity contribution in [3.63, 3.8) is 0 Å². The van der Waals surface area contributed by atoms with E-state index < -0.39 is 21.7 Å². The van der Waals surface area contributed by atoms with Crippen LogP contribution in [0.15, 0.2) is 72.0 Å². The van der Waals surface area contributed by atoms with Crippen LogP contribution in [0.3, 0.4) is 0 Å². The van der Waals surface area contributed by atoms with Gasteiger partial charge in [-0.3, -0.25) is 14.2 Å². The molecule has 1 amide bonds. The molecule has 13 heteroatoms. The highest BCUT2D eigenvalue weighted by atomic mass is 35.5. The molecule has 1 aliphatic carbocycles. The predicted octanol–water partition coefficient (Wildman–Crippen LogP) is 4.88. The number of carbonyl (C=O) groups is 1. The highest BCUT2D eigenvalue weighted by Crippen LogP contribution is 2.42. The highest BCUT2D eigenvalue weighted by Gasteiger charge is 2.28. The number of halogens is 2. The third-order valence-corrected chi connectivity index (χ3v) is 8.02. The number of hydrogen-bond acceptors (Lipinski definition) is 6. The number of hydrogen-bond donors (Lipinski definition) is 2. The van der Waals surface area contributed by atoms with Crippen molar-refractivity contribution in [3.05, 3.63) is 89.2 Å². The van der Waals surface area contributed by atoms with Gasteiger partial charge in [0, 0.05) is 24.3 Å². The molecule has 5 aromatic rings. The summed E-state index contributed by atoms with van der Waals surface area (Å²) in [6, 6.07) is 12.4. The molecule has 2 aromatic carbocycles. The van der Waals surface area contributed by atoms with Crippen molar-refractivity contribution in [1.29, 1.82) is 0 Å². The summed E-state index contributed by atoms with van der Waals surface area (Å²) in [7, 11) is -2.38. The Balaban J connectivity index is 1.24. The Morgan fingerprint density at radius 3 is 2.69 bits per heavy atom. The fraction of sp³-hybridized carbons (Fsp3) is 0.154. The van der Waals surface area contributed by atoms with Gasteiger partial charge in [-0.1, -0.05) is 17.7 Å². The molecular formula is C26H21ClFN7O3S. The summed E-state index contributed by atoms with van der Waals surface area (Å²) < 4.78 is 45.1. The smallest absolute Gasteiger partial charge is 0.274 e. The Labute approximate surface area is 227 Å². The van der Waals surface area contributed by atoms with Gasteiger partial charge in [0.25, 0.3) is 15.9 Å². The largest absolute Gasteiger partial charge is 0.321 e. The molecule has 1 aliphatic rings. The zero-order valence-electron chi connectivity index (χ0n) is 20.5. The van der Waals surface area contributed by atoms with Crippen molar-refractivity contribution in [3.8, 4) is 5.82 Å². The molecule has 3 aromatic heterocycles. The second kappa shape index (κ2) is 9.47. The lowest BCUT2D eigenvalue weighted by molar-refractivity contribution is 0.101. The number of benzene rings is 2. The van der Waals surface area contributed by atoms with E-state index in [1.807, 2.05) is 12.1 Å². The van der Waals surface area contributed by atoms with Crippen molar-refractivity contribution < 1.29 is 17.6 Å². The van der Waals surface area contributed by atoms with E-state index >= 15 is 0 Å². The molecule has 198 valence electrons. The van der Waals surface area contributed by atoms with Crippen molar-refractivity contribution in [1.82, 2.24) is 24.5 Å². The average molecular weight is 566 g/mol. The molecule has 39 heavy (non-hydrogen) atoms. The first-order chi connectivity index (χ1) is 18.7. The molecule has 10 nitrogen and oxygen atoms in total. The first kappa shape index (κ1) is 25.0. The van der Waals surface area contributed by atoms with E-state index in [9.17, 15) is 17.6 Å². The molecule has 3 heterocycles. The molecular weight excluding hydrogens is 545 g/mol. The number of nitrogens with zero attached hydrogens (tertiary/aromatic N) is 5. The normalized spacial score (nSPS) is 13.5. The van der Waals surface area contributed by atoms with Crippen LogP contribution in [0.1, 0.15) is 34.8 Å². The second-order valence-electron chi connectivity index (χ2n) is 9.20. The van der Waals surface area contributed by atoms with Gasteiger partial charge in [-0.2, -0.15) is 10.2 Å². The number of carbonyl (C=O) groups excluding carboxylic acids is 1. The fourth-order valence-electron chi connectivity index (χ4n) is 4.39.